The van der Waals surface area contributed by atoms with Gasteiger partial charge in [0, 0.05) is 15.0 Å². The molecule has 0 spiro atoms. The maximum absolute atomic E-state index is 12.8. The zero-order chi connectivity index (χ0) is 17.7. The lowest BCUT2D eigenvalue weighted by Crippen LogP contribution is -2.56. The normalized spacial score (nSPS) is 35.4. The Morgan fingerprint density at radius 1 is 1.24 bits per heavy atom. The van der Waals surface area contributed by atoms with Gasteiger partial charge < -0.3 is 10.1 Å². The summed E-state index contributed by atoms with van der Waals surface area (Å²) in [6.07, 6.45) is 6.21. The molecule has 2 unspecified atom stereocenters. The Morgan fingerprint density at radius 3 is 2.60 bits per heavy atom. The third-order valence-electron chi connectivity index (χ3n) is 5.87. The van der Waals surface area contributed by atoms with Crippen LogP contribution in [0.1, 0.15) is 38.5 Å². The highest BCUT2D eigenvalue weighted by molar-refractivity contribution is 9.10. The van der Waals surface area contributed by atoms with Gasteiger partial charge in [0.1, 0.15) is 0 Å². The maximum Gasteiger partial charge on any atom is 0.312 e. The second kappa shape index (κ2) is 6.27. The molecule has 134 valence electrons. The molecule has 0 aromatic heterocycles. The Labute approximate surface area is 160 Å². The number of nitrogens with one attached hydrogen (secondary N) is 1. The summed E-state index contributed by atoms with van der Waals surface area (Å²) in [5.74, 6) is 0.669. The van der Waals surface area contributed by atoms with Crippen molar-refractivity contribution in [1.82, 2.24) is 0 Å². The molecule has 4 aliphatic carbocycles. The smallest absolute Gasteiger partial charge is 0.312 e. The van der Waals surface area contributed by atoms with Crippen molar-refractivity contribution in [2.24, 2.45) is 17.3 Å². The van der Waals surface area contributed by atoms with E-state index >= 15 is 0 Å². The summed E-state index contributed by atoms with van der Waals surface area (Å²) in [6, 6.07) is 6.91. The van der Waals surface area contributed by atoms with Crippen LogP contribution in [0.4, 0.5) is 5.69 Å². The van der Waals surface area contributed by atoms with Gasteiger partial charge in [0.25, 0.3) is 5.91 Å². The SMILES string of the molecule is O=C(COC(=O)C12CC3CC(CC(Br)(C3)C1)C2)Nc1cccc(Cl)c1. The molecule has 4 bridgehead atoms. The number of halogens is 2. The molecule has 0 saturated heterocycles. The lowest BCUT2D eigenvalue weighted by Gasteiger charge is -2.58. The number of anilines is 1. The first-order valence-electron chi connectivity index (χ1n) is 8.77. The number of carbonyl (C=O) groups is 2. The summed E-state index contributed by atoms with van der Waals surface area (Å²) in [4.78, 5) is 24.9. The molecule has 0 radical (unpaired) electrons. The van der Waals surface area contributed by atoms with E-state index in [9.17, 15) is 9.59 Å². The van der Waals surface area contributed by atoms with Gasteiger partial charge in [0.2, 0.25) is 0 Å². The summed E-state index contributed by atoms with van der Waals surface area (Å²) in [6.45, 7) is -0.252. The van der Waals surface area contributed by atoms with Crippen LogP contribution in [0, 0.1) is 17.3 Å². The third-order valence-corrected chi connectivity index (χ3v) is 7.03. The molecule has 1 amide bonds. The van der Waals surface area contributed by atoms with E-state index in [1.807, 2.05) is 0 Å². The molecule has 4 fully saturated rings. The molecular formula is C19H21BrClNO3. The molecule has 0 aliphatic heterocycles. The van der Waals surface area contributed by atoms with Crippen molar-refractivity contribution in [3.05, 3.63) is 29.3 Å². The number of hydrogen-bond donors (Lipinski definition) is 1. The molecule has 5 rings (SSSR count). The van der Waals surface area contributed by atoms with Gasteiger partial charge in [-0.15, -0.1) is 0 Å². The highest BCUT2D eigenvalue weighted by Gasteiger charge is 2.60. The third kappa shape index (κ3) is 3.45. The summed E-state index contributed by atoms with van der Waals surface area (Å²) >= 11 is 9.80. The Morgan fingerprint density at radius 2 is 1.96 bits per heavy atom. The van der Waals surface area contributed by atoms with Crippen molar-refractivity contribution < 1.29 is 14.3 Å². The minimum Gasteiger partial charge on any atom is -0.455 e. The molecule has 0 heterocycles. The van der Waals surface area contributed by atoms with Crippen molar-refractivity contribution in [3.63, 3.8) is 0 Å². The van der Waals surface area contributed by atoms with Crippen molar-refractivity contribution in [1.29, 1.82) is 0 Å². The first-order valence-corrected chi connectivity index (χ1v) is 9.95. The first-order chi connectivity index (χ1) is 11.9. The van der Waals surface area contributed by atoms with Crippen LogP contribution in [0.25, 0.3) is 0 Å². The number of hydrogen-bond acceptors (Lipinski definition) is 3. The fourth-order valence-corrected chi connectivity index (χ4v) is 7.08. The molecule has 4 nitrogen and oxygen atoms in total. The fraction of sp³-hybridized carbons (Fsp3) is 0.579. The zero-order valence-electron chi connectivity index (χ0n) is 13.9. The number of alkyl halides is 1. The average molecular weight is 427 g/mol. The summed E-state index contributed by atoms with van der Waals surface area (Å²) in [7, 11) is 0. The van der Waals surface area contributed by atoms with Crippen LogP contribution < -0.4 is 5.32 Å². The van der Waals surface area contributed by atoms with E-state index in [1.54, 1.807) is 24.3 Å². The van der Waals surface area contributed by atoms with Gasteiger partial charge >= 0.3 is 5.97 Å². The standard InChI is InChI=1S/C19H21BrClNO3/c20-19-8-12-4-13(9-19)7-18(6-12,11-19)17(24)25-10-16(23)22-15-3-1-2-14(21)5-15/h1-3,5,12-13H,4,6-11H2,(H,22,23). The molecule has 1 aromatic rings. The van der Waals surface area contributed by atoms with Crippen molar-refractivity contribution in [2.45, 2.75) is 42.8 Å². The van der Waals surface area contributed by atoms with Crippen molar-refractivity contribution in [3.8, 4) is 0 Å². The van der Waals surface area contributed by atoms with Crippen LogP contribution in [0.2, 0.25) is 5.02 Å². The van der Waals surface area contributed by atoms with Crippen LogP contribution >= 0.6 is 27.5 Å². The summed E-state index contributed by atoms with van der Waals surface area (Å²) in [5.41, 5.74) is 0.201. The van der Waals surface area contributed by atoms with Crippen LogP contribution in [0.3, 0.4) is 0 Å². The zero-order valence-corrected chi connectivity index (χ0v) is 16.2. The fourth-order valence-electron chi connectivity index (χ4n) is 5.44. The van der Waals surface area contributed by atoms with Gasteiger partial charge in [-0.1, -0.05) is 33.6 Å². The quantitative estimate of drug-likeness (QED) is 0.567. The van der Waals surface area contributed by atoms with Gasteiger partial charge in [-0.3, -0.25) is 9.59 Å². The molecule has 1 N–H and O–H groups in total. The second-order valence-corrected chi connectivity index (χ2v) is 10.1. The average Bonchev–Trinajstić information content (AvgIpc) is 2.50. The maximum atomic E-state index is 12.8. The Hall–Kier alpha value is -1.07. The van der Waals surface area contributed by atoms with E-state index in [0.29, 0.717) is 22.5 Å². The Bertz CT molecular complexity index is 708. The van der Waals surface area contributed by atoms with Gasteiger partial charge in [-0.05, 0) is 68.6 Å². The minimum absolute atomic E-state index is 0.0964. The van der Waals surface area contributed by atoms with E-state index in [1.165, 1.54) is 6.42 Å². The predicted molar refractivity (Wildman–Crippen MR) is 99.8 cm³/mol. The van der Waals surface area contributed by atoms with E-state index in [0.717, 1.165) is 32.1 Å². The summed E-state index contributed by atoms with van der Waals surface area (Å²) in [5, 5.41) is 3.26. The largest absolute Gasteiger partial charge is 0.455 e. The number of ether oxygens (including phenoxy) is 1. The lowest BCUT2D eigenvalue weighted by molar-refractivity contribution is -0.170. The van der Waals surface area contributed by atoms with E-state index < -0.39 is 5.41 Å². The number of rotatable bonds is 4. The van der Waals surface area contributed by atoms with Crippen molar-refractivity contribution in [2.75, 3.05) is 11.9 Å². The lowest BCUT2D eigenvalue weighted by atomic mass is 9.49. The number of amides is 1. The molecule has 2 atom stereocenters. The number of benzene rings is 1. The first kappa shape index (κ1) is 17.3. The molecule has 25 heavy (non-hydrogen) atoms. The molecule has 6 heteroatoms. The molecular weight excluding hydrogens is 406 g/mol. The van der Waals surface area contributed by atoms with Gasteiger partial charge in [-0.2, -0.15) is 0 Å². The van der Waals surface area contributed by atoms with Crippen molar-refractivity contribution >= 4 is 45.1 Å². The Balaban J connectivity index is 1.37. The molecule has 4 aliphatic rings. The highest BCUT2D eigenvalue weighted by atomic mass is 79.9. The van der Waals surface area contributed by atoms with Crippen LogP contribution in [-0.4, -0.2) is 22.8 Å². The van der Waals surface area contributed by atoms with E-state index in [-0.39, 0.29) is 22.8 Å². The van der Waals surface area contributed by atoms with Gasteiger partial charge in [0.15, 0.2) is 6.61 Å². The summed E-state index contributed by atoms with van der Waals surface area (Å²) < 4.78 is 5.53. The van der Waals surface area contributed by atoms with Gasteiger partial charge in [-0.25, -0.2) is 0 Å². The predicted octanol–water partition coefficient (Wildman–Crippen LogP) is 4.56. The topological polar surface area (TPSA) is 55.4 Å². The van der Waals surface area contributed by atoms with Crippen LogP contribution in [0.5, 0.6) is 0 Å². The van der Waals surface area contributed by atoms with Crippen LogP contribution in [0.15, 0.2) is 24.3 Å². The minimum atomic E-state index is -0.399. The second-order valence-electron chi connectivity index (χ2n) is 8.03. The number of carbonyl (C=O) groups excluding carboxylic acids is 2. The highest BCUT2D eigenvalue weighted by Crippen LogP contribution is 2.64. The monoisotopic (exact) mass is 425 g/mol. The number of esters is 1. The Kier molecular flexibility index (Phi) is 4.35. The van der Waals surface area contributed by atoms with Gasteiger partial charge in [0.05, 0.1) is 5.41 Å². The van der Waals surface area contributed by atoms with E-state index in [2.05, 4.69) is 21.2 Å². The molecule has 1 aromatic carbocycles. The molecule has 4 saturated carbocycles. The van der Waals surface area contributed by atoms with Crippen LogP contribution in [-0.2, 0) is 14.3 Å². The van der Waals surface area contributed by atoms with E-state index in [4.69, 9.17) is 16.3 Å².